The fourth-order valence-corrected chi connectivity index (χ4v) is 5.95. The van der Waals surface area contributed by atoms with Gasteiger partial charge in [0.1, 0.15) is 11.5 Å². The molecule has 0 atom stereocenters. The number of hydrogen-bond acceptors (Lipinski definition) is 6. The van der Waals surface area contributed by atoms with E-state index in [4.69, 9.17) is 20.0 Å². The zero-order chi connectivity index (χ0) is 27.0. The highest BCUT2D eigenvalue weighted by Gasteiger charge is 2.49. The minimum atomic E-state index is -0.492. The molecule has 188 valence electrons. The Kier molecular flexibility index (Phi) is 5.94. The van der Waals surface area contributed by atoms with Crippen molar-refractivity contribution in [3.8, 4) is 23.6 Å². The smallest absolute Gasteiger partial charge is 0.343 e. The molecule has 0 radical (unpaired) electrons. The maximum absolute atomic E-state index is 13.1. The fraction of sp³-hybridized carbons (Fsp3) is 0.152. The number of hydrogen-bond donors (Lipinski definition) is 0. The average Bonchev–Trinajstić information content (AvgIpc) is 3.55. The van der Waals surface area contributed by atoms with E-state index in [0.717, 1.165) is 47.9 Å². The topological polar surface area (TPSA) is 100 Å². The predicted molar refractivity (Wildman–Crippen MR) is 143 cm³/mol. The molecule has 0 unspecified atom stereocenters. The van der Waals surface area contributed by atoms with Crippen LogP contribution < -0.4 is 9.47 Å². The van der Waals surface area contributed by atoms with Gasteiger partial charge in [0, 0.05) is 16.5 Å². The number of nitriles is 2. The van der Waals surface area contributed by atoms with E-state index in [1.165, 1.54) is 0 Å². The molecule has 4 aromatic rings. The molecule has 6 nitrogen and oxygen atoms in total. The minimum absolute atomic E-state index is 0.363. The first kappa shape index (κ1) is 24.2. The van der Waals surface area contributed by atoms with Gasteiger partial charge < -0.3 is 9.47 Å². The lowest BCUT2D eigenvalue weighted by molar-refractivity contribution is 0.0725. The number of nitrogens with zero attached hydrogens (tertiary/aromatic N) is 2. The summed E-state index contributed by atoms with van der Waals surface area (Å²) in [5.74, 6) is 0.0169. The lowest BCUT2D eigenvalue weighted by atomic mass is 9.76. The van der Waals surface area contributed by atoms with Gasteiger partial charge in [-0.25, -0.2) is 9.59 Å². The summed E-state index contributed by atoms with van der Waals surface area (Å²) in [7, 11) is 0. The van der Waals surface area contributed by atoms with Gasteiger partial charge in [-0.1, -0.05) is 24.3 Å². The van der Waals surface area contributed by atoms with E-state index in [9.17, 15) is 9.59 Å². The van der Waals surface area contributed by atoms with Gasteiger partial charge in [-0.15, -0.1) is 0 Å². The molecule has 0 heterocycles. The van der Waals surface area contributed by atoms with Crippen LogP contribution in [0.3, 0.4) is 0 Å². The molecule has 0 aliphatic heterocycles. The monoisotopic (exact) mass is 510 g/mol. The molecule has 0 aromatic heterocycles. The number of aryl methyl sites for hydroxylation is 2. The van der Waals surface area contributed by atoms with Crippen LogP contribution in [0.1, 0.15) is 66.9 Å². The molecule has 1 spiro atoms. The van der Waals surface area contributed by atoms with E-state index in [2.05, 4.69) is 24.3 Å². The van der Waals surface area contributed by atoms with Crippen LogP contribution in [0, 0.1) is 22.7 Å². The maximum atomic E-state index is 13.1. The van der Waals surface area contributed by atoms with Crippen molar-refractivity contribution in [3.05, 3.63) is 129 Å². The lowest BCUT2D eigenvalue weighted by Crippen LogP contribution is -2.24. The lowest BCUT2D eigenvalue weighted by Gasteiger charge is -2.29. The first-order valence-corrected chi connectivity index (χ1v) is 12.7. The van der Waals surface area contributed by atoms with Gasteiger partial charge in [0.2, 0.25) is 0 Å². The quantitative estimate of drug-likeness (QED) is 0.245. The maximum Gasteiger partial charge on any atom is 0.343 e. The summed E-state index contributed by atoms with van der Waals surface area (Å²) in [6.45, 7) is 0. The van der Waals surface area contributed by atoms with Crippen molar-refractivity contribution in [1.29, 1.82) is 10.5 Å². The number of esters is 2. The Morgan fingerprint density at radius 1 is 0.615 bits per heavy atom. The molecule has 0 saturated carbocycles. The van der Waals surface area contributed by atoms with Crippen molar-refractivity contribution < 1.29 is 19.1 Å². The molecule has 4 aromatic carbocycles. The molecule has 0 saturated heterocycles. The molecule has 0 bridgehead atoms. The largest absolute Gasteiger partial charge is 0.423 e. The molecule has 2 aliphatic rings. The van der Waals surface area contributed by atoms with Crippen molar-refractivity contribution in [2.45, 2.75) is 31.1 Å². The summed E-state index contributed by atoms with van der Waals surface area (Å²) in [6, 6.07) is 28.4. The summed E-state index contributed by atoms with van der Waals surface area (Å²) in [4.78, 5) is 26.2. The Balaban J connectivity index is 1.37. The van der Waals surface area contributed by atoms with Crippen molar-refractivity contribution in [1.82, 2.24) is 0 Å². The molecule has 0 fully saturated rings. The highest BCUT2D eigenvalue weighted by molar-refractivity contribution is 5.92. The normalized spacial score (nSPS) is 14.1. The third-order valence-electron chi connectivity index (χ3n) is 7.73. The second-order valence-electron chi connectivity index (χ2n) is 9.82. The molecular formula is C33H22N2O4. The summed E-state index contributed by atoms with van der Waals surface area (Å²) < 4.78 is 11.9. The van der Waals surface area contributed by atoms with Crippen molar-refractivity contribution in [2.75, 3.05) is 0 Å². The minimum Gasteiger partial charge on any atom is -0.423 e. The Hall–Kier alpha value is -5.20. The van der Waals surface area contributed by atoms with E-state index in [1.807, 2.05) is 24.3 Å². The predicted octanol–water partition coefficient (Wildman–Crippen LogP) is 6.05. The van der Waals surface area contributed by atoms with E-state index in [1.54, 1.807) is 48.5 Å². The molecule has 6 heteroatoms. The zero-order valence-corrected chi connectivity index (χ0v) is 20.9. The Labute approximate surface area is 225 Å². The van der Waals surface area contributed by atoms with Crippen LogP contribution in [0.2, 0.25) is 0 Å². The number of fused-ring (bicyclic) bond motifs is 4. The molecular weight excluding hydrogens is 488 g/mol. The summed E-state index contributed by atoms with van der Waals surface area (Å²) in [6.07, 6.45) is 3.25. The number of rotatable bonds is 4. The first-order valence-electron chi connectivity index (χ1n) is 12.7. The van der Waals surface area contributed by atoms with Gasteiger partial charge in [-0.3, -0.25) is 0 Å². The van der Waals surface area contributed by atoms with Crippen LogP contribution in [0.5, 0.6) is 11.5 Å². The SMILES string of the molecule is N#Cc1ccc(C(=O)Oc2cccc3c2C2(CC3)CCc3cccc(OC(=O)c4ccc(C#N)cc4)c32)cc1. The Morgan fingerprint density at radius 3 is 1.41 bits per heavy atom. The first-order chi connectivity index (χ1) is 19.0. The molecule has 2 aliphatic carbocycles. The third kappa shape index (κ3) is 4.13. The second kappa shape index (κ2) is 9.59. The Morgan fingerprint density at radius 2 is 1.03 bits per heavy atom. The Bertz CT molecular complexity index is 1580. The highest BCUT2D eigenvalue weighted by Crippen LogP contribution is 2.57. The van der Waals surface area contributed by atoms with Crippen LogP contribution in [-0.4, -0.2) is 11.9 Å². The van der Waals surface area contributed by atoms with Gasteiger partial charge in [0.05, 0.1) is 34.4 Å². The van der Waals surface area contributed by atoms with Gasteiger partial charge in [0.15, 0.2) is 0 Å². The van der Waals surface area contributed by atoms with E-state index in [-0.39, 0.29) is 0 Å². The van der Waals surface area contributed by atoms with Crippen LogP contribution >= 0.6 is 0 Å². The van der Waals surface area contributed by atoms with Gasteiger partial charge >= 0.3 is 11.9 Å². The van der Waals surface area contributed by atoms with Crippen molar-refractivity contribution in [2.24, 2.45) is 0 Å². The van der Waals surface area contributed by atoms with Crippen molar-refractivity contribution in [3.63, 3.8) is 0 Å². The summed E-state index contributed by atoms with van der Waals surface area (Å²) in [5.41, 5.74) is 5.37. The van der Waals surface area contributed by atoms with Crippen molar-refractivity contribution >= 4 is 11.9 Å². The number of carbonyl (C=O) groups excluding carboxylic acids is 2. The average molecular weight is 511 g/mol. The number of benzene rings is 4. The second-order valence-corrected chi connectivity index (χ2v) is 9.82. The van der Waals surface area contributed by atoms with E-state index in [0.29, 0.717) is 33.8 Å². The van der Waals surface area contributed by atoms with Crippen LogP contribution in [0.4, 0.5) is 0 Å². The molecule has 0 N–H and O–H groups in total. The molecule has 0 amide bonds. The zero-order valence-electron chi connectivity index (χ0n) is 20.9. The standard InChI is InChI=1S/C33H22N2O4/c34-19-21-7-11-25(12-8-21)31(36)38-27-5-1-3-23-15-17-33(29(23)27)18-16-24-4-2-6-28(30(24)33)39-32(37)26-13-9-22(20-35)10-14-26/h1-14H,15-18H2. The number of ether oxygens (including phenoxy) is 2. The van der Waals surface area contributed by atoms with Gasteiger partial charge in [-0.2, -0.15) is 10.5 Å². The van der Waals surface area contributed by atoms with E-state index < -0.39 is 17.4 Å². The van der Waals surface area contributed by atoms with Gasteiger partial charge in [0.25, 0.3) is 0 Å². The van der Waals surface area contributed by atoms with Crippen LogP contribution in [-0.2, 0) is 18.3 Å². The third-order valence-corrected chi connectivity index (χ3v) is 7.73. The summed E-state index contributed by atoms with van der Waals surface area (Å²) >= 11 is 0. The number of carbonyl (C=O) groups is 2. The summed E-state index contributed by atoms with van der Waals surface area (Å²) in [5, 5.41) is 18.1. The van der Waals surface area contributed by atoms with Gasteiger partial charge in [-0.05, 0) is 97.5 Å². The van der Waals surface area contributed by atoms with Crippen LogP contribution in [0.25, 0.3) is 0 Å². The molecule has 6 rings (SSSR count). The highest BCUT2D eigenvalue weighted by atomic mass is 16.5. The van der Waals surface area contributed by atoms with Crippen LogP contribution in [0.15, 0.2) is 84.9 Å². The van der Waals surface area contributed by atoms with E-state index >= 15 is 0 Å². The molecule has 39 heavy (non-hydrogen) atoms. The fourth-order valence-electron chi connectivity index (χ4n) is 5.95.